The van der Waals surface area contributed by atoms with Crippen molar-refractivity contribution in [1.29, 1.82) is 0 Å². The second-order valence-electron chi connectivity index (χ2n) is 6.64. The zero-order valence-corrected chi connectivity index (χ0v) is 14.3. The summed E-state index contributed by atoms with van der Waals surface area (Å²) in [4.78, 5) is 20.3. The van der Waals surface area contributed by atoms with Gasteiger partial charge in [0.1, 0.15) is 5.76 Å². The first-order valence-electron chi connectivity index (χ1n) is 8.72. The van der Waals surface area contributed by atoms with E-state index in [2.05, 4.69) is 20.1 Å². The van der Waals surface area contributed by atoms with E-state index in [1.165, 1.54) is 38.9 Å². The van der Waals surface area contributed by atoms with E-state index < -0.39 is 5.91 Å². The summed E-state index contributed by atoms with van der Waals surface area (Å²) in [5.74, 6) is 1.92. The lowest BCUT2D eigenvalue weighted by Crippen LogP contribution is -2.40. The van der Waals surface area contributed by atoms with Gasteiger partial charge >= 0.3 is 0 Å². The molecule has 0 spiro atoms. The molecule has 0 aromatic carbocycles. The van der Waals surface area contributed by atoms with Crippen LogP contribution in [0.25, 0.3) is 0 Å². The molecule has 1 aromatic heterocycles. The fourth-order valence-electron chi connectivity index (χ4n) is 3.61. The van der Waals surface area contributed by atoms with Crippen LogP contribution in [0, 0.1) is 5.92 Å². The number of hydrogen-bond donors (Lipinski definition) is 2. The summed E-state index contributed by atoms with van der Waals surface area (Å²) < 4.78 is 5.40. The highest BCUT2D eigenvalue weighted by molar-refractivity contribution is 5.89. The Morgan fingerprint density at radius 2 is 2.17 bits per heavy atom. The topological polar surface area (TPSA) is 87.1 Å². The number of amides is 1. The van der Waals surface area contributed by atoms with Crippen LogP contribution in [0.1, 0.15) is 35.6 Å². The van der Waals surface area contributed by atoms with Crippen LogP contribution in [0.4, 0.5) is 0 Å². The van der Waals surface area contributed by atoms with Crippen molar-refractivity contribution < 1.29 is 9.21 Å². The largest absolute Gasteiger partial charge is 0.454 e. The van der Waals surface area contributed by atoms with E-state index in [0.29, 0.717) is 18.2 Å². The number of furan rings is 1. The highest BCUT2D eigenvalue weighted by Gasteiger charge is 2.27. The molecule has 3 rings (SSSR count). The molecule has 0 radical (unpaired) electrons. The molecule has 1 atom stereocenters. The summed E-state index contributed by atoms with van der Waals surface area (Å²) >= 11 is 0. The quantitative estimate of drug-likeness (QED) is 0.617. The fourth-order valence-corrected chi connectivity index (χ4v) is 3.61. The normalized spacial score (nSPS) is 22.3. The Morgan fingerprint density at radius 1 is 1.38 bits per heavy atom. The van der Waals surface area contributed by atoms with Crippen molar-refractivity contribution in [2.75, 3.05) is 39.8 Å². The van der Waals surface area contributed by atoms with Gasteiger partial charge in [0, 0.05) is 26.7 Å². The van der Waals surface area contributed by atoms with Crippen molar-refractivity contribution in [3.8, 4) is 0 Å². The number of hydrogen-bond acceptors (Lipinski definition) is 4. The van der Waals surface area contributed by atoms with Crippen LogP contribution in [0.5, 0.6) is 0 Å². The zero-order chi connectivity index (χ0) is 16.9. The lowest BCUT2D eigenvalue weighted by molar-refractivity contribution is 0.0972. The molecule has 0 aliphatic carbocycles. The standard InChI is InChI=1S/C17H27N5O2/c1-19-17(20-10-14-4-5-15(24-14)16(18)23)22-9-6-13(12-22)11-21-7-2-3-8-21/h4-5,13H,2-3,6-12H2,1H3,(H2,18,23)(H,19,20). The van der Waals surface area contributed by atoms with E-state index in [-0.39, 0.29) is 5.76 Å². The lowest BCUT2D eigenvalue weighted by Gasteiger charge is -2.23. The maximum absolute atomic E-state index is 11.1. The lowest BCUT2D eigenvalue weighted by atomic mass is 10.1. The molecule has 1 aromatic rings. The Bertz CT molecular complexity index is 592. The molecule has 7 nitrogen and oxygen atoms in total. The molecule has 3 heterocycles. The van der Waals surface area contributed by atoms with Gasteiger partial charge in [0.05, 0.1) is 6.54 Å². The maximum atomic E-state index is 11.1. The van der Waals surface area contributed by atoms with E-state index >= 15 is 0 Å². The number of primary amides is 1. The molecule has 2 saturated heterocycles. The molecule has 2 aliphatic rings. The highest BCUT2D eigenvalue weighted by atomic mass is 16.3. The first kappa shape index (κ1) is 16.8. The van der Waals surface area contributed by atoms with Gasteiger partial charge < -0.3 is 25.3 Å². The molecule has 24 heavy (non-hydrogen) atoms. The van der Waals surface area contributed by atoms with Crippen LogP contribution < -0.4 is 11.1 Å². The number of nitrogens with two attached hydrogens (primary N) is 1. The van der Waals surface area contributed by atoms with Gasteiger partial charge in [0.15, 0.2) is 11.7 Å². The van der Waals surface area contributed by atoms with Crippen LogP contribution in [-0.4, -0.2) is 61.4 Å². The van der Waals surface area contributed by atoms with Gasteiger partial charge in [-0.05, 0) is 50.4 Å². The second kappa shape index (κ2) is 7.70. The van der Waals surface area contributed by atoms with E-state index in [1.807, 2.05) is 0 Å². The SMILES string of the molecule is CN=C(NCc1ccc(C(N)=O)o1)N1CCC(CN2CCCC2)C1. The number of carbonyl (C=O) groups is 1. The molecule has 0 bridgehead atoms. The van der Waals surface area contributed by atoms with Gasteiger partial charge in [-0.2, -0.15) is 0 Å². The summed E-state index contributed by atoms with van der Waals surface area (Å²) in [6.07, 6.45) is 3.90. The van der Waals surface area contributed by atoms with E-state index in [0.717, 1.165) is 19.0 Å². The molecule has 2 fully saturated rings. The second-order valence-corrected chi connectivity index (χ2v) is 6.64. The molecular formula is C17H27N5O2. The van der Waals surface area contributed by atoms with Gasteiger partial charge in [0.2, 0.25) is 0 Å². The van der Waals surface area contributed by atoms with Crippen LogP contribution >= 0.6 is 0 Å². The summed E-state index contributed by atoms with van der Waals surface area (Å²) in [5, 5.41) is 3.31. The first-order valence-corrected chi connectivity index (χ1v) is 8.72. The minimum absolute atomic E-state index is 0.189. The van der Waals surface area contributed by atoms with Gasteiger partial charge in [-0.3, -0.25) is 9.79 Å². The number of guanidine groups is 1. The minimum atomic E-state index is -0.546. The van der Waals surface area contributed by atoms with Crippen molar-refractivity contribution in [2.45, 2.75) is 25.8 Å². The van der Waals surface area contributed by atoms with Crippen molar-refractivity contribution in [1.82, 2.24) is 15.1 Å². The van der Waals surface area contributed by atoms with Crippen molar-refractivity contribution in [3.05, 3.63) is 23.7 Å². The van der Waals surface area contributed by atoms with Crippen LogP contribution in [-0.2, 0) is 6.54 Å². The van der Waals surface area contributed by atoms with E-state index in [1.54, 1.807) is 19.2 Å². The van der Waals surface area contributed by atoms with E-state index in [9.17, 15) is 4.79 Å². The number of likely N-dealkylation sites (tertiary alicyclic amines) is 2. The van der Waals surface area contributed by atoms with Crippen LogP contribution in [0.3, 0.4) is 0 Å². The number of aliphatic imine (C=N–C) groups is 1. The monoisotopic (exact) mass is 333 g/mol. The number of carbonyl (C=O) groups excluding carboxylic acids is 1. The molecule has 132 valence electrons. The summed E-state index contributed by atoms with van der Waals surface area (Å²) in [5.41, 5.74) is 5.20. The van der Waals surface area contributed by atoms with Gasteiger partial charge in [-0.1, -0.05) is 0 Å². The number of nitrogens with one attached hydrogen (secondary N) is 1. The number of nitrogens with zero attached hydrogens (tertiary/aromatic N) is 3. The van der Waals surface area contributed by atoms with Gasteiger partial charge in [-0.25, -0.2) is 0 Å². The predicted molar refractivity (Wildman–Crippen MR) is 92.8 cm³/mol. The van der Waals surface area contributed by atoms with Gasteiger partial charge in [0.25, 0.3) is 5.91 Å². The van der Waals surface area contributed by atoms with Crippen molar-refractivity contribution >= 4 is 11.9 Å². The predicted octanol–water partition coefficient (Wildman–Crippen LogP) is 0.872. The Labute approximate surface area is 142 Å². The number of rotatable bonds is 5. The molecule has 1 unspecified atom stereocenters. The molecule has 7 heteroatoms. The molecule has 2 aliphatic heterocycles. The third kappa shape index (κ3) is 4.08. The Hall–Kier alpha value is -2.02. The Balaban J connectivity index is 1.48. The van der Waals surface area contributed by atoms with Crippen LogP contribution in [0.15, 0.2) is 21.5 Å². The van der Waals surface area contributed by atoms with Crippen LogP contribution in [0.2, 0.25) is 0 Å². The summed E-state index contributed by atoms with van der Waals surface area (Å²) in [6, 6.07) is 3.37. The van der Waals surface area contributed by atoms with Crippen molar-refractivity contribution in [2.24, 2.45) is 16.6 Å². The molecule has 0 saturated carbocycles. The maximum Gasteiger partial charge on any atom is 0.284 e. The minimum Gasteiger partial charge on any atom is -0.454 e. The van der Waals surface area contributed by atoms with E-state index in [4.69, 9.17) is 10.2 Å². The van der Waals surface area contributed by atoms with Gasteiger partial charge in [-0.15, -0.1) is 0 Å². The first-order chi connectivity index (χ1) is 11.7. The average Bonchev–Trinajstić information content (AvgIpc) is 3.30. The molecule has 3 N–H and O–H groups in total. The Morgan fingerprint density at radius 3 is 2.83 bits per heavy atom. The third-order valence-electron chi connectivity index (χ3n) is 4.84. The molecular weight excluding hydrogens is 306 g/mol. The average molecular weight is 333 g/mol. The Kier molecular flexibility index (Phi) is 5.40. The highest BCUT2D eigenvalue weighted by Crippen LogP contribution is 2.20. The fraction of sp³-hybridized carbons (Fsp3) is 0.647. The summed E-state index contributed by atoms with van der Waals surface area (Å²) in [6.45, 7) is 6.28. The molecule has 1 amide bonds. The summed E-state index contributed by atoms with van der Waals surface area (Å²) in [7, 11) is 1.80. The zero-order valence-electron chi connectivity index (χ0n) is 14.3. The third-order valence-corrected chi connectivity index (χ3v) is 4.84. The van der Waals surface area contributed by atoms with Crippen molar-refractivity contribution in [3.63, 3.8) is 0 Å². The smallest absolute Gasteiger partial charge is 0.284 e.